The van der Waals surface area contributed by atoms with Crippen molar-refractivity contribution in [1.29, 1.82) is 0 Å². The average molecular weight is 408 g/mol. The number of halogens is 2. The van der Waals surface area contributed by atoms with Crippen molar-refractivity contribution in [3.05, 3.63) is 23.8 Å². The van der Waals surface area contributed by atoms with Gasteiger partial charge < -0.3 is 9.64 Å². The van der Waals surface area contributed by atoms with Crippen LogP contribution in [0.25, 0.3) is 0 Å². The third-order valence-corrected chi connectivity index (χ3v) is 7.75. The zero-order valence-corrected chi connectivity index (χ0v) is 16.3. The monoisotopic (exact) mass is 408 g/mol. The van der Waals surface area contributed by atoms with Gasteiger partial charge in [-0.15, -0.1) is 0 Å². The van der Waals surface area contributed by atoms with Gasteiger partial charge in [0.15, 0.2) is 11.6 Å². The molecule has 0 radical (unpaired) electrons. The summed E-state index contributed by atoms with van der Waals surface area (Å²) in [5.74, 6) is 1.19. The topological polar surface area (TPSA) is 49.9 Å². The largest absolute Gasteiger partial charge is 0.444 e. The molecule has 4 aliphatic rings. The predicted molar refractivity (Wildman–Crippen MR) is 103 cm³/mol. The van der Waals surface area contributed by atoms with Crippen LogP contribution in [0.1, 0.15) is 25.7 Å². The van der Waals surface area contributed by atoms with E-state index in [9.17, 15) is 18.4 Å². The molecular formula is C20H22F2N2O3S. The van der Waals surface area contributed by atoms with E-state index in [1.54, 1.807) is 4.90 Å². The van der Waals surface area contributed by atoms with E-state index < -0.39 is 23.8 Å². The third-order valence-electron chi connectivity index (χ3n) is 6.12. The molecule has 1 aromatic carbocycles. The fraction of sp³-hybridized carbons (Fsp3) is 0.600. The van der Waals surface area contributed by atoms with Gasteiger partial charge in [0.05, 0.1) is 12.2 Å². The van der Waals surface area contributed by atoms with Crippen molar-refractivity contribution in [3.8, 4) is 0 Å². The molecule has 150 valence electrons. The lowest BCUT2D eigenvalue weighted by atomic mass is 9.82. The number of hydrogen-bond donors (Lipinski definition) is 0. The Kier molecular flexibility index (Phi) is 4.30. The molecule has 4 fully saturated rings. The summed E-state index contributed by atoms with van der Waals surface area (Å²) < 4.78 is 34.6. The number of rotatable bonds is 6. The minimum atomic E-state index is -0.656. The second kappa shape index (κ2) is 6.61. The van der Waals surface area contributed by atoms with Crippen molar-refractivity contribution in [2.75, 3.05) is 40.9 Å². The van der Waals surface area contributed by atoms with Gasteiger partial charge in [0, 0.05) is 54.5 Å². The summed E-state index contributed by atoms with van der Waals surface area (Å²) in [6, 6.07) is 2.41. The zero-order valence-electron chi connectivity index (χ0n) is 15.5. The van der Waals surface area contributed by atoms with Gasteiger partial charge in [-0.25, -0.2) is 13.6 Å². The number of carbonyl (C=O) groups is 2. The number of amides is 1. The molecular weight excluding hydrogens is 386 g/mol. The van der Waals surface area contributed by atoms with Crippen LogP contribution in [0.5, 0.6) is 0 Å². The van der Waals surface area contributed by atoms with Crippen LogP contribution >= 0.6 is 11.8 Å². The first kappa shape index (κ1) is 18.2. The molecule has 0 N–H and O–H groups in total. The van der Waals surface area contributed by atoms with E-state index in [1.165, 1.54) is 17.0 Å². The summed E-state index contributed by atoms with van der Waals surface area (Å²) in [7, 11) is 0. The summed E-state index contributed by atoms with van der Waals surface area (Å²) in [6.07, 6.45) is 1.70. The number of Topliss-reactive ketones (excluding diaryl/α,β-unsaturated/α-hetero) is 1. The molecule has 1 aromatic rings. The van der Waals surface area contributed by atoms with Gasteiger partial charge in [0.25, 0.3) is 0 Å². The van der Waals surface area contributed by atoms with Gasteiger partial charge in [0.1, 0.15) is 17.6 Å². The molecule has 3 heterocycles. The molecule has 0 unspecified atom stereocenters. The van der Waals surface area contributed by atoms with Gasteiger partial charge in [-0.05, 0) is 19.3 Å². The second-order valence-electron chi connectivity index (χ2n) is 8.50. The number of ether oxygens (including phenoxy) is 1. The van der Waals surface area contributed by atoms with Crippen molar-refractivity contribution < 1.29 is 23.1 Å². The minimum Gasteiger partial charge on any atom is -0.444 e. The second-order valence-corrected chi connectivity index (χ2v) is 9.49. The van der Waals surface area contributed by atoms with Gasteiger partial charge in [-0.3, -0.25) is 9.69 Å². The van der Waals surface area contributed by atoms with E-state index in [0.717, 1.165) is 24.3 Å². The molecule has 0 bridgehead atoms. The molecule has 1 spiro atoms. The first-order valence-corrected chi connectivity index (χ1v) is 10.9. The van der Waals surface area contributed by atoms with E-state index in [2.05, 4.69) is 0 Å². The number of benzene rings is 1. The summed E-state index contributed by atoms with van der Waals surface area (Å²) in [5, 5.41) is 0. The molecule has 3 aliphatic heterocycles. The van der Waals surface area contributed by atoms with Crippen LogP contribution < -0.4 is 9.80 Å². The van der Waals surface area contributed by atoms with Gasteiger partial charge in [0.2, 0.25) is 0 Å². The zero-order chi connectivity index (χ0) is 19.5. The standard InChI is InChI=1S/C20H22F2N2O3S/c21-15-5-13(6-16(22)18(15)23-8-20(9-23)10-28-11-20)24-7-14(27-19(24)26)3-4-17(25)12-1-2-12/h5-6,12,14H,1-4,7-11H2/t14-/m0/s1. The van der Waals surface area contributed by atoms with E-state index in [1.807, 2.05) is 11.8 Å². The van der Waals surface area contributed by atoms with Crippen molar-refractivity contribution in [3.63, 3.8) is 0 Å². The molecule has 28 heavy (non-hydrogen) atoms. The summed E-state index contributed by atoms with van der Waals surface area (Å²) in [4.78, 5) is 27.0. The third kappa shape index (κ3) is 3.15. The average Bonchev–Trinajstić information content (AvgIpc) is 3.35. The summed E-state index contributed by atoms with van der Waals surface area (Å²) >= 11 is 1.86. The Balaban J connectivity index is 1.25. The molecule has 5 rings (SSSR count). The fourth-order valence-corrected chi connectivity index (χ4v) is 5.45. The van der Waals surface area contributed by atoms with E-state index in [0.29, 0.717) is 25.9 Å². The molecule has 1 saturated carbocycles. The van der Waals surface area contributed by atoms with E-state index in [4.69, 9.17) is 4.74 Å². The number of anilines is 2. The highest BCUT2D eigenvalue weighted by Crippen LogP contribution is 2.48. The van der Waals surface area contributed by atoms with Crippen molar-refractivity contribution in [2.24, 2.45) is 11.3 Å². The van der Waals surface area contributed by atoms with Gasteiger partial charge in [-0.2, -0.15) is 11.8 Å². The molecule has 8 heteroatoms. The molecule has 1 atom stereocenters. The van der Waals surface area contributed by atoms with Crippen molar-refractivity contribution in [2.45, 2.75) is 31.8 Å². The number of cyclic esters (lactones) is 1. The Morgan fingerprint density at radius 3 is 2.46 bits per heavy atom. The molecule has 0 aromatic heterocycles. The quantitative estimate of drug-likeness (QED) is 0.720. The first-order chi connectivity index (χ1) is 13.4. The molecule has 5 nitrogen and oxygen atoms in total. The number of ketones is 1. The van der Waals surface area contributed by atoms with E-state index >= 15 is 0 Å². The van der Waals surface area contributed by atoms with Crippen LogP contribution in [0, 0.1) is 23.0 Å². The lowest BCUT2D eigenvalue weighted by Gasteiger charge is -2.56. The van der Waals surface area contributed by atoms with Crippen LogP contribution in [-0.4, -0.2) is 49.1 Å². The highest BCUT2D eigenvalue weighted by molar-refractivity contribution is 8.00. The number of thioether (sulfide) groups is 1. The van der Waals surface area contributed by atoms with Crippen molar-refractivity contribution in [1.82, 2.24) is 0 Å². The van der Waals surface area contributed by atoms with Crippen LogP contribution in [0.15, 0.2) is 12.1 Å². The Labute approximate surface area is 166 Å². The first-order valence-electron chi connectivity index (χ1n) is 9.77. The molecule has 3 saturated heterocycles. The number of nitrogens with zero attached hydrogens (tertiary/aromatic N) is 2. The van der Waals surface area contributed by atoms with Gasteiger partial charge in [-0.1, -0.05) is 0 Å². The minimum absolute atomic E-state index is 0.00887. The predicted octanol–water partition coefficient (Wildman–Crippen LogP) is 3.60. The van der Waals surface area contributed by atoms with Gasteiger partial charge >= 0.3 is 6.09 Å². The highest BCUT2D eigenvalue weighted by atomic mass is 32.2. The maximum absolute atomic E-state index is 14.7. The Morgan fingerprint density at radius 1 is 1.21 bits per heavy atom. The van der Waals surface area contributed by atoms with Crippen LogP contribution in [0.4, 0.5) is 25.0 Å². The Hall–Kier alpha value is -1.83. The summed E-state index contributed by atoms with van der Waals surface area (Å²) in [6.45, 7) is 1.56. The van der Waals surface area contributed by atoms with Crippen LogP contribution in [-0.2, 0) is 9.53 Å². The highest BCUT2D eigenvalue weighted by Gasteiger charge is 2.49. The fourth-order valence-electron chi connectivity index (χ4n) is 4.30. The maximum Gasteiger partial charge on any atom is 0.414 e. The number of hydrogen-bond acceptors (Lipinski definition) is 5. The van der Waals surface area contributed by atoms with Crippen molar-refractivity contribution >= 4 is 35.0 Å². The molecule has 1 aliphatic carbocycles. The van der Waals surface area contributed by atoms with E-state index in [-0.39, 0.29) is 35.0 Å². The normalized spacial score (nSPS) is 25.5. The maximum atomic E-state index is 14.7. The van der Waals surface area contributed by atoms with Crippen LogP contribution in [0.3, 0.4) is 0 Å². The van der Waals surface area contributed by atoms with Crippen LogP contribution in [0.2, 0.25) is 0 Å². The Morgan fingerprint density at radius 2 is 1.89 bits per heavy atom. The summed E-state index contributed by atoms with van der Waals surface area (Å²) in [5.41, 5.74) is 0.381. The number of carbonyl (C=O) groups excluding carboxylic acids is 2. The Bertz CT molecular complexity index is 810. The SMILES string of the molecule is O=C(CC[C@H]1CN(c2cc(F)c(N3CC4(CSC4)C3)c(F)c2)C(=O)O1)C1CC1. The smallest absolute Gasteiger partial charge is 0.414 e. The lowest BCUT2D eigenvalue weighted by molar-refractivity contribution is -0.120. The molecule has 1 amide bonds. The lowest BCUT2D eigenvalue weighted by Crippen LogP contribution is -2.63.